The number of esters is 1. The number of nitrogens with zero attached hydrogens (tertiary/aromatic N) is 1. The van der Waals surface area contributed by atoms with Crippen LogP contribution in [0.25, 0.3) is 6.08 Å². The van der Waals surface area contributed by atoms with E-state index in [2.05, 4.69) is 0 Å². The van der Waals surface area contributed by atoms with Gasteiger partial charge in [0.15, 0.2) is 0 Å². The lowest BCUT2D eigenvalue weighted by atomic mass is 10.2. The van der Waals surface area contributed by atoms with Gasteiger partial charge in [-0.3, -0.25) is 4.79 Å². The first-order valence-corrected chi connectivity index (χ1v) is 9.07. The molecule has 3 atom stereocenters. The Balaban J connectivity index is 2.25. The zero-order valence-electron chi connectivity index (χ0n) is 13.9. The van der Waals surface area contributed by atoms with E-state index in [9.17, 15) is 13.2 Å². The predicted octanol–water partition coefficient (Wildman–Crippen LogP) is 2.44. The average Bonchev–Trinajstić information content (AvgIpc) is 3.20. The van der Waals surface area contributed by atoms with Gasteiger partial charge >= 0.3 is 5.97 Å². The lowest BCUT2D eigenvalue weighted by Crippen LogP contribution is -2.36. The second-order valence-corrected chi connectivity index (χ2v) is 9.00. The second kappa shape index (κ2) is 6.45. The highest BCUT2D eigenvalue weighted by molar-refractivity contribution is 7.90. The molecular formula is C17H23NO4S. The smallest absolute Gasteiger partial charge is 0.326 e. The first-order chi connectivity index (χ1) is 10.7. The summed E-state index contributed by atoms with van der Waals surface area (Å²) in [4.78, 5) is 12.0. The molecule has 1 aromatic rings. The van der Waals surface area contributed by atoms with Crippen molar-refractivity contribution < 1.29 is 17.9 Å². The van der Waals surface area contributed by atoms with E-state index in [0.717, 1.165) is 5.56 Å². The van der Waals surface area contributed by atoms with E-state index in [1.807, 2.05) is 36.4 Å². The third kappa shape index (κ3) is 3.64. The van der Waals surface area contributed by atoms with Crippen molar-refractivity contribution in [1.29, 1.82) is 0 Å². The fourth-order valence-electron chi connectivity index (χ4n) is 2.29. The van der Waals surface area contributed by atoms with Crippen molar-refractivity contribution in [3.63, 3.8) is 0 Å². The molecule has 0 bridgehead atoms. The van der Waals surface area contributed by atoms with Crippen molar-refractivity contribution >= 4 is 22.1 Å². The SMILES string of the molecule is CCOC(=O)[C@H]1[C@@H](/C=C/c2ccccc2)N1S(=O)(=O)C(C)(C)C. The molecule has 6 heteroatoms. The van der Waals surface area contributed by atoms with Crippen LogP contribution in [0.3, 0.4) is 0 Å². The Morgan fingerprint density at radius 2 is 1.87 bits per heavy atom. The Hall–Kier alpha value is -1.66. The van der Waals surface area contributed by atoms with Crippen molar-refractivity contribution in [2.24, 2.45) is 0 Å². The summed E-state index contributed by atoms with van der Waals surface area (Å²) < 4.78 is 30.6. The molecule has 126 valence electrons. The molecule has 1 saturated heterocycles. The van der Waals surface area contributed by atoms with Crippen LogP contribution in [0.15, 0.2) is 36.4 Å². The molecule has 1 fully saturated rings. The number of carbonyl (C=O) groups excluding carboxylic acids is 1. The highest BCUT2D eigenvalue weighted by Crippen LogP contribution is 2.39. The quantitative estimate of drug-likeness (QED) is 0.611. The fourth-order valence-corrected chi connectivity index (χ4v) is 3.88. The van der Waals surface area contributed by atoms with E-state index < -0.39 is 32.8 Å². The summed E-state index contributed by atoms with van der Waals surface area (Å²) in [6.07, 6.45) is 3.58. The first-order valence-electron chi connectivity index (χ1n) is 7.63. The zero-order chi connectivity index (χ0) is 17.3. The van der Waals surface area contributed by atoms with Gasteiger partial charge < -0.3 is 4.74 Å². The normalized spacial score (nSPS) is 24.6. The minimum absolute atomic E-state index is 0.230. The Bertz CT molecular complexity index is 689. The summed E-state index contributed by atoms with van der Waals surface area (Å²) in [5.41, 5.74) is 0.954. The summed E-state index contributed by atoms with van der Waals surface area (Å²) >= 11 is 0. The number of carbonyl (C=O) groups is 1. The Labute approximate surface area is 138 Å². The summed E-state index contributed by atoms with van der Waals surface area (Å²) in [6, 6.07) is 8.30. The highest BCUT2D eigenvalue weighted by Gasteiger charge is 2.61. The molecule has 1 heterocycles. The molecule has 1 aliphatic rings. The van der Waals surface area contributed by atoms with Gasteiger partial charge in [-0.15, -0.1) is 0 Å². The van der Waals surface area contributed by atoms with Crippen molar-refractivity contribution in [1.82, 2.24) is 4.31 Å². The summed E-state index contributed by atoms with van der Waals surface area (Å²) in [6.45, 7) is 6.81. The van der Waals surface area contributed by atoms with Crippen LogP contribution in [-0.4, -0.2) is 42.1 Å². The van der Waals surface area contributed by atoms with Crippen LogP contribution in [-0.2, 0) is 19.6 Å². The average molecular weight is 337 g/mol. The van der Waals surface area contributed by atoms with Gasteiger partial charge in [0.05, 0.1) is 17.4 Å². The van der Waals surface area contributed by atoms with Crippen molar-refractivity contribution in [2.75, 3.05) is 6.61 Å². The fraction of sp³-hybridized carbons (Fsp3) is 0.471. The standard InChI is InChI=1S/C17H23NO4S/c1-5-22-16(19)15-14(12-11-13-9-7-6-8-10-13)18(15)23(20,21)17(2,3)4/h6-12,14-15H,5H2,1-4H3/b12-11+/t14-,15-,18?/m1/s1. The number of hydrogen-bond donors (Lipinski definition) is 0. The topological polar surface area (TPSA) is 63.5 Å². The Morgan fingerprint density at radius 1 is 1.26 bits per heavy atom. The van der Waals surface area contributed by atoms with Crippen molar-refractivity contribution in [3.05, 3.63) is 42.0 Å². The van der Waals surface area contributed by atoms with Gasteiger partial charge in [-0.25, -0.2) is 8.42 Å². The van der Waals surface area contributed by atoms with Crippen LogP contribution in [0.2, 0.25) is 0 Å². The number of benzene rings is 1. The van der Waals surface area contributed by atoms with Gasteiger partial charge in [-0.2, -0.15) is 4.31 Å². The summed E-state index contributed by atoms with van der Waals surface area (Å²) in [5, 5.41) is 0. The van der Waals surface area contributed by atoms with Crippen LogP contribution in [0.1, 0.15) is 33.3 Å². The van der Waals surface area contributed by atoms with Crippen LogP contribution in [0.5, 0.6) is 0 Å². The summed E-state index contributed by atoms with van der Waals surface area (Å²) in [5.74, 6) is -0.497. The van der Waals surface area contributed by atoms with E-state index >= 15 is 0 Å². The minimum atomic E-state index is -3.59. The molecule has 23 heavy (non-hydrogen) atoms. The molecular weight excluding hydrogens is 314 g/mol. The largest absolute Gasteiger partial charge is 0.465 e. The molecule has 0 aliphatic carbocycles. The molecule has 0 N–H and O–H groups in total. The van der Waals surface area contributed by atoms with Gasteiger partial charge in [-0.05, 0) is 33.3 Å². The van der Waals surface area contributed by atoms with Crippen LogP contribution in [0.4, 0.5) is 0 Å². The van der Waals surface area contributed by atoms with E-state index in [1.54, 1.807) is 33.8 Å². The van der Waals surface area contributed by atoms with E-state index in [0.29, 0.717) is 0 Å². The Morgan fingerprint density at radius 3 is 2.39 bits per heavy atom. The van der Waals surface area contributed by atoms with Crippen molar-refractivity contribution in [2.45, 2.75) is 44.5 Å². The van der Waals surface area contributed by atoms with Crippen LogP contribution >= 0.6 is 0 Å². The van der Waals surface area contributed by atoms with E-state index in [1.165, 1.54) is 4.31 Å². The van der Waals surface area contributed by atoms with Crippen LogP contribution in [0, 0.1) is 0 Å². The van der Waals surface area contributed by atoms with Crippen LogP contribution < -0.4 is 0 Å². The summed E-state index contributed by atoms with van der Waals surface area (Å²) in [7, 11) is -3.59. The number of rotatable bonds is 5. The maximum atomic E-state index is 12.6. The Kier molecular flexibility index (Phi) is 4.96. The molecule has 5 nitrogen and oxygen atoms in total. The molecule has 2 rings (SSSR count). The third-order valence-electron chi connectivity index (χ3n) is 3.67. The lowest BCUT2D eigenvalue weighted by Gasteiger charge is -2.20. The van der Waals surface area contributed by atoms with Crippen molar-refractivity contribution in [3.8, 4) is 0 Å². The molecule has 1 aromatic carbocycles. The molecule has 0 saturated carbocycles. The number of sulfonamides is 1. The van der Waals surface area contributed by atoms with Gasteiger partial charge in [0.25, 0.3) is 0 Å². The zero-order valence-corrected chi connectivity index (χ0v) is 14.7. The maximum Gasteiger partial charge on any atom is 0.326 e. The van der Waals surface area contributed by atoms with E-state index in [-0.39, 0.29) is 6.61 Å². The first kappa shape index (κ1) is 17.7. The molecule has 0 spiro atoms. The molecule has 1 unspecified atom stereocenters. The predicted molar refractivity (Wildman–Crippen MR) is 90.2 cm³/mol. The molecule has 0 amide bonds. The highest BCUT2D eigenvalue weighted by atomic mass is 32.2. The maximum absolute atomic E-state index is 12.6. The monoisotopic (exact) mass is 337 g/mol. The third-order valence-corrected chi connectivity index (χ3v) is 6.24. The minimum Gasteiger partial charge on any atom is -0.465 e. The second-order valence-electron chi connectivity index (χ2n) is 6.40. The van der Waals surface area contributed by atoms with E-state index in [4.69, 9.17) is 4.74 Å². The van der Waals surface area contributed by atoms with Gasteiger partial charge in [-0.1, -0.05) is 42.5 Å². The van der Waals surface area contributed by atoms with Gasteiger partial charge in [0, 0.05) is 0 Å². The lowest BCUT2D eigenvalue weighted by molar-refractivity contribution is -0.143. The molecule has 0 aromatic heterocycles. The number of ether oxygens (including phenoxy) is 1. The van der Waals surface area contributed by atoms with Gasteiger partial charge in [0.2, 0.25) is 10.0 Å². The van der Waals surface area contributed by atoms with Gasteiger partial charge in [0.1, 0.15) is 6.04 Å². The molecule has 0 radical (unpaired) electrons. The molecule has 1 aliphatic heterocycles. The number of hydrogen-bond acceptors (Lipinski definition) is 4.